The lowest BCUT2D eigenvalue weighted by atomic mass is 10.1. The van der Waals surface area contributed by atoms with Gasteiger partial charge in [-0.3, -0.25) is 9.48 Å². The quantitative estimate of drug-likeness (QED) is 0.561. The van der Waals surface area contributed by atoms with Crippen LogP contribution in [-0.4, -0.2) is 57.6 Å². The number of aromatic nitrogens is 4. The number of nitrogens with zero attached hydrogens (tertiary/aromatic N) is 4. The van der Waals surface area contributed by atoms with Crippen molar-refractivity contribution in [3.05, 3.63) is 27.5 Å². The Hall–Kier alpha value is -2.33. The predicted octanol–water partition coefficient (Wildman–Crippen LogP) is 1.94. The Morgan fingerprint density at radius 2 is 2.17 bits per heavy atom. The van der Waals surface area contributed by atoms with Crippen LogP contribution in [0.1, 0.15) is 63.3 Å². The Balaban J connectivity index is 1.66. The summed E-state index contributed by atoms with van der Waals surface area (Å²) in [5.41, 5.74) is 3.01. The summed E-state index contributed by atoms with van der Waals surface area (Å²) in [6, 6.07) is 0. The van der Waals surface area contributed by atoms with Crippen molar-refractivity contribution in [1.29, 1.82) is 0 Å². The van der Waals surface area contributed by atoms with Gasteiger partial charge in [-0.2, -0.15) is 5.10 Å². The molecule has 1 amide bonds. The van der Waals surface area contributed by atoms with Crippen LogP contribution in [0.3, 0.4) is 0 Å². The van der Waals surface area contributed by atoms with E-state index in [9.17, 15) is 9.59 Å². The molecule has 10 heteroatoms. The van der Waals surface area contributed by atoms with E-state index in [1.54, 1.807) is 6.92 Å². The third-order valence-electron chi connectivity index (χ3n) is 4.73. The largest absolute Gasteiger partial charge is 0.461 e. The highest BCUT2D eigenvalue weighted by atomic mass is 32.1. The molecule has 0 bridgehead atoms. The number of esters is 1. The fourth-order valence-electron chi connectivity index (χ4n) is 3.27. The number of rotatable bonds is 6. The van der Waals surface area contributed by atoms with Gasteiger partial charge >= 0.3 is 5.97 Å². The number of fused-ring (bicyclic) bond motifs is 1. The fourth-order valence-corrected chi connectivity index (χ4v) is 3.82. The number of aryl methyl sites for hydroxylation is 3. The molecule has 3 heterocycles. The normalized spacial score (nSPS) is 15.3. The van der Waals surface area contributed by atoms with Gasteiger partial charge in [0.15, 0.2) is 4.88 Å². The van der Waals surface area contributed by atoms with Crippen molar-refractivity contribution in [3.8, 4) is 0 Å². The molecule has 1 N–H and O–H groups in total. The van der Waals surface area contributed by atoms with E-state index >= 15 is 0 Å². The molecule has 158 valence electrons. The van der Waals surface area contributed by atoms with Gasteiger partial charge in [0, 0.05) is 32.7 Å². The second-order valence-electron chi connectivity index (χ2n) is 6.85. The summed E-state index contributed by atoms with van der Waals surface area (Å²) < 4.78 is 16.6. The summed E-state index contributed by atoms with van der Waals surface area (Å²) in [5, 5.41) is 11.5. The lowest BCUT2D eigenvalue weighted by molar-refractivity contribution is 0.0499. The van der Waals surface area contributed by atoms with Gasteiger partial charge in [-0.25, -0.2) is 4.79 Å². The maximum atomic E-state index is 12.7. The Morgan fingerprint density at radius 3 is 2.93 bits per heavy atom. The molecule has 0 saturated carbocycles. The summed E-state index contributed by atoms with van der Waals surface area (Å²) in [7, 11) is 0. The molecule has 3 rings (SSSR count). The van der Waals surface area contributed by atoms with Crippen molar-refractivity contribution >= 4 is 23.4 Å². The lowest BCUT2D eigenvalue weighted by Crippen LogP contribution is -2.26. The number of hydrogen-bond donors (Lipinski definition) is 1. The van der Waals surface area contributed by atoms with Crippen molar-refractivity contribution in [2.75, 3.05) is 26.4 Å². The summed E-state index contributed by atoms with van der Waals surface area (Å²) in [5.74, 6) is -0.465. The van der Waals surface area contributed by atoms with Crippen LogP contribution in [0, 0.1) is 6.92 Å². The van der Waals surface area contributed by atoms with Crippen LogP contribution in [0.2, 0.25) is 0 Å². The first-order valence-electron chi connectivity index (χ1n) is 10.0. The van der Waals surface area contributed by atoms with E-state index in [1.165, 1.54) is 0 Å². The molecule has 2 aromatic heterocycles. The van der Waals surface area contributed by atoms with E-state index in [2.05, 4.69) is 20.0 Å². The van der Waals surface area contributed by atoms with E-state index in [4.69, 9.17) is 9.47 Å². The molecule has 1 aliphatic rings. The van der Waals surface area contributed by atoms with Crippen LogP contribution in [0.25, 0.3) is 0 Å². The smallest absolute Gasteiger partial charge is 0.351 e. The Labute approximate surface area is 173 Å². The molecule has 29 heavy (non-hydrogen) atoms. The molecule has 0 fully saturated rings. The summed E-state index contributed by atoms with van der Waals surface area (Å²) in [6.07, 6.45) is 3.65. The van der Waals surface area contributed by atoms with Crippen LogP contribution in [0.15, 0.2) is 0 Å². The number of amides is 1. The lowest BCUT2D eigenvalue weighted by Gasteiger charge is -2.10. The monoisotopic (exact) mass is 421 g/mol. The number of carbonyl (C=O) groups is 2. The van der Waals surface area contributed by atoms with Crippen molar-refractivity contribution in [2.45, 2.75) is 52.5 Å². The van der Waals surface area contributed by atoms with Crippen molar-refractivity contribution < 1.29 is 19.1 Å². The molecule has 9 nitrogen and oxygen atoms in total. The van der Waals surface area contributed by atoms with Crippen LogP contribution in [-0.2, 0) is 28.9 Å². The number of ether oxygens (including phenoxy) is 2. The van der Waals surface area contributed by atoms with Gasteiger partial charge in [-0.1, -0.05) is 11.4 Å². The molecular weight excluding hydrogens is 394 g/mol. The van der Waals surface area contributed by atoms with Gasteiger partial charge in [-0.05, 0) is 44.1 Å². The standard InChI is InChI=1S/C19H27N5O4S/c1-3-14-16-15(7-4-10-27-11-5-8-20-18(16)25)24(22-14)9-6-12-28-19(26)17-13(2)21-23-29-17/h3-12H2,1-2H3,(H,20,25). The topological polar surface area (TPSA) is 108 Å². The molecule has 1 aliphatic heterocycles. The molecule has 2 aromatic rings. The van der Waals surface area contributed by atoms with Crippen molar-refractivity contribution in [2.24, 2.45) is 0 Å². The second-order valence-corrected chi connectivity index (χ2v) is 7.60. The summed E-state index contributed by atoms with van der Waals surface area (Å²) in [6.45, 7) is 6.49. The van der Waals surface area contributed by atoms with Crippen molar-refractivity contribution in [3.63, 3.8) is 0 Å². The van der Waals surface area contributed by atoms with E-state index in [0.29, 0.717) is 55.3 Å². The second kappa shape index (κ2) is 10.4. The van der Waals surface area contributed by atoms with E-state index in [-0.39, 0.29) is 12.5 Å². The van der Waals surface area contributed by atoms with Crippen molar-refractivity contribution in [1.82, 2.24) is 24.7 Å². The first-order valence-corrected chi connectivity index (χ1v) is 10.8. The maximum Gasteiger partial charge on any atom is 0.351 e. The van der Waals surface area contributed by atoms with Gasteiger partial charge < -0.3 is 14.8 Å². The third kappa shape index (κ3) is 5.39. The highest BCUT2D eigenvalue weighted by Gasteiger charge is 2.23. The van der Waals surface area contributed by atoms with Gasteiger partial charge in [0.2, 0.25) is 0 Å². The zero-order valence-corrected chi connectivity index (χ0v) is 17.7. The average Bonchev–Trinajstić information content (AvgIpc) is 3.29. The molecular formula is C19H27N5O4S. The number of hydrogen-bond acceptors (Lipinski definition) is 8. The third-order valence-corrected chi connectivity index (χ3v) is 5.54. The minimum Gasteiger partial charge on any atom is -0.461 e. The Morgan fingerprint density at radius 1 is 1.34 bits per heavy atom. The molecule has 0 unspecified atom stereocenters. The highest BCUT2D eigenvalue weighted by molar-refractivity contribution is 7.07. The Kier molecular flexibility index (Phi) is 7.70. The van der Waals surface area contributed by atoms with Gasteiger partial charge in [0.25, 0.3) is 5.91 Å². The maximum absolute atomic E-state index is 12.7. The Bertz CT molecular complexity index is 848. The average molecular weight is 422 g/mol. The zero-order chi connectivity index (χ0) is 20.6. The van der Waals surface area contributed by atoms with Gasteiger partial charge in [-0.15, -0.1) is 5.10 Å². The van der Waals surface area contributed by atoms with Crippen LogP contribution in [0.5, 0.6) is 0 Å². The van der Waals surface area contributed by atoms with Crippen LogP contribution in [0.4, 0.5) is 0 Å². The van der Waals surface area contributed by atoms with E-state index < -0.39 is 5.97 Å². The van der Waals surface area contributed by atoms with Crippen LogP contribution >= 0.6 is 11.5 Å². The van der Waals surface area contributed by atoms with Gasteiger partial charge in [0.1, 0.15) is 0 Å². The minimum atomic E-state index is -0.400. The molecule has 0 atom stereocenters. The summed E-state index contributed by atoms with van der Waals surface area (Å²) in [4.78, 5) is 25.2. The number of carbonyl (C=O) groups excluding carboxylic acids is 2. The minimum absolute atomic E-state index is 0.0652. The molecule has 0 saturated heterocycles. The fraction of sp³-hybridized carbons (Fsp3) is 0.632. The SMILES string of the molecule is CCc1nn(CCCOC(=O)c2snnc2C)c2c1C(=O)NCCCOCCC2. The van der Waals surface area contributed by atoms with Crippen LogP contribution < -0.4 is 5.32 Å². The van der Waals surface area contributed by atoms with E-state index in [0.717, 1.165) is 42.2 Å². The first kappa shape index (κ1) is 21.4. The zero-order valence-electron chi connectivity index (χ0n) is 16.9. The predicted molar refractivity (Wildman–Crippen MR) is 107 cm³/mol. The molecule has 0 aromatic carbocycles. The van der Waals surface area contributed by atoms with E-state index in [1.807, 2.05) is 11.6 Å². The molecule has 0 radical (unpaired) electrons. The first-order chi connectivity index (χ1) is 14.1. The number of nitrogens with one attached hydrogen (secondary N) is 1. The highest BCUT2D eigenvalue weighted by Crippen LogP contribution is 2.19. The molecule has 0 spiro atoms. The molecule has 0 aliphatic carbocycles. The van der Waals surface area contributed by atoms with Gasteiger partial charge in [0.05, 0.1) is 29.3 Å². The summed E-state index contributed by atoms with van der Waals surface area (Å²) >= 11 is 1.04.